The van der Waals surface area contributed by atoms with Crippen LogP contribution in [0.3, 0.4) is 0 Å². The highest BCUT2D eigenvalue weighted by molar-refractivity contribution is 9.10. The van der Waals surface area contributed by atoms with Crippen LogP contribution in [0.15, 0.2) is 58.6 Å². The molecule has 31 heavy (non-hydrogen) atoms. The van der Waals surface area contributed by atoms with Crippen molar-refractivity contribution in [2.75, 3.05) is 6.61 Å². The van der Waals surface area contributed by atoms with Crippen LogP contribution in [0.4, 0.5) is 0 Å². The smallest absolute Gasteiger partial charge is 0.289 e. The van der Waals surface area contributed by atoms with Crippen LogP contribution >= 0.6 is 15.9 Å². The van der Waals surface area contributed by atoms with Crippen molar-refractivity contribution in [3.05, 3.63) is 81.1 Å². The van der Waals surface area contributed by atoms with Crippen LogP contribution in [-0.4, -0.2) is 22.3 Å². The van der Waals surface area contributed by atoms with E-state index in [1.165, 1.54) is 10.8 Å². The molecule has 0 amide bonds. The minimum Gasteiger partial charge on any atom is -0.490 e. The van der Waals surface area contributed by atoms with Gasteiger partial charge in [0.1, 0.15) is 18.2 Å². The number of halogens is 1. The van der Waals surface area contributed by atoms with Crippen LogP contribution < -0.4 is 9.47 Å². The highest BCUT2D eigenvalue weighted by atomic mass is 79.9. The molecule has 0 N–H and O–H groups in total. The van der Waals surface area contributed by atoms with Gasteiger partial charge in [0.25, 0.3) is 5.91 Å². The van der Waals surface area contributed by atoms with E-state index in [2.05, 4.69) is 21.0 Å². The maximum Gasteiger partial charge on any atom is 0.289 e. The Labute approximate surface area is 189 Å². The third kappa shape index (κ3) is 5.62. The number of ether oxygens (including phenoxy) is 2. The Morgan fingerprint density at radius 2 is 1.87 bits per heavy atom. The number of aryl methyl sites for hydroxylation is 2. The summed E-state index contributed by atoms with van der Waals surface area (Å²) in [5.74, 6) is 0.663. The maximum absolute atomic E-state index is 12.7. The summed E-state index contributed by atoms with van der Waals surface area (Å²) in [6, 6.07) is 17.0. The Kier molecular flexibility index (Phi) is 7.27. The van der Waals surface area contributed by atoms with Crippen LogP contribution in [0.25, 0.3) is 6.08 Å². The van der Waals surface area contributed by atoms with Gasteiger partial charge >= 0.3 is 0 Å². The summed E-state index contributed by atoms with van der Waals surface area (Å²) in [5.41, 5.74) is 3.06. The van der Waals surface area contributed by atoms with Gasteiger partial charge in [0.05, 0.1) is 12.3 Å². The summed E-state index contributed by atoms with van der Waals surface area (Å²) < 4.78 is 13.9. The van der Waals surface area contributed by atoms with E-state index in [4.69, 9.17) is 9.47 Å². The van der Waals surface area contributed by atoms with Crippen molar-refractivity contribution in [2.45, 2.75) is 27.4 Å². The van der Waals surface area contributed by atoms with Crippen molar-refractivity contribution in [2.24, 2.45) is 0 Å². The lowest BCUT2D eigenvalue weighted by Gasteiger charge is -2.13. The first-order valence-electron chi connectivity index (χ1n) is 9.75. The van der Waals surface area contributed by atoms with Crippen LogP contribution in [0, 0.1) is 25.2 Å². The molecule has 0 aliphatic heterocycles. The number of nitriles is 1. The number of allylic oxidation sites excluding steroid dienone is 1. The number of carbonyl (C=O) groups is 1. The molecule has 1 aromatic heterocycles. The van der Waals surface area contributed by atoms with Crippen molar-refractivity contribution in [3.63, 3.8) is 0 Å². The molecule has 158 valence electrons. The van der Waals surface area contributed by atoms with E-state index in [1.807, 2.05) is 37.3 Å². The van der Waals surface area contributed by atoms with E-state index in [9.17, 15) is 10.1 Å². The molecule has 0 radical (unpaired) electrons. The van der Waals surface area contributed by atoms with Crippen molar-refractivity contribution >= 4 is 27.9 Å². The third-order valence-corrected chi connectivity index (χ3v) is 4.97. The lowest BCUT2D eigenvalue weighted by molar-refractivity contribution is 0.0943. The van der Waals surface area contributed by atoms with Gasteiger partial charge in [0.15, 0.2) is 11.5 Å². The highest BCUT2D eigenvalue weighted by Gasteiger charge is 2.16. The molecule has 0 unspecified atom stereocenters. The van der Waals surface area contributed by atoms with E-state index < -0.39 is 5.91 Å². The molecule has 0 spiro atoms. The van der Waals surface area contributed by atoms with E-state index in [0.717, 1.165) is 10.0 Å². The average Bonchev–Trinajstić information content (AvgIpc) is 3.10. The number of hydrogen-bond donors (Lipinski definition) is 0. The van der Waals surface area contributed by atoms with Crippen LogP contribution in [0.1, 0.15) is 34.2 Å². The SMILES string of the molecule is CCOc1cc(/C=C(\C#N)C(=O)n2nc(C)cc2C)ccc1OCc1ccc(Br)cc1. The topological polar surface area (TPSA) is 77.1 Å². The quantitative estimate of drug-likeness (QED) is 0.330. The van der Waals surface area contributed by atoms with Gasteiger partial charge in [-0.15, -0.1) is 0 Å². The number of rotatable bonds is 7. The normalized spacial score (nSPS) is 11.1. The van der Waals surface area contributed by atoms with Gasteiger partial charge in [-0.3, -0.25) is 4.79 Å². The van der Waals surface area contributed by atoms with Crippen LogP contribution in [0.5, 0.6) is 11.5 Å². The molecule has 3 aromatic rings. The predicted molar refractivity (Wildman–Crippen MR) is 122 cm³/mol. The number of carbonyl (C=O) groups excluding carboxylic acids is 1. The number of benzene rings is 2. The number of aromatic nitrogens is 2. The molecule has 1 heterocycles. The van der Waals surface area contributed by atoms with Crippen LogP contribution in [0.2, 0.25) is 0 Å². The molecule has 0 aliphatic carbocycles. The first-order valence-corrected chi connectivity index (χ1v) is 10.5. The zero-order valence-electron chi connectivity index (χ0n) is 17.6. The summed E-state index contributed by atoms with van der Waals surface area (Å²) in [5, 5.41) is 13.7. The van der Waals surface area contributed by atoms with E-state index in [-0.39, 0.29) is 5.57 Å². The molecule has 0 saturated heterocycles. The summed E-state index contributed by atoms with van der Waals surface area (Å²) in [6.07, 6.45) is 1.53. The Hall–Kier alpha value is -3.37. The second kappa shape index (κ2) is 10.1. The Balaban J connectivity index is 1.84. The standard InChI is InChI=1S/C24H22BrN3O3/c1-4-30-23-13-19(7-10-22(23)31-15-18-5-8-21(25)9-6-18)12-20(14-26)24(29)28-17(3)11-16(2)27-28/h5-13H,4,15H2,1-3H3/b20-12+. The summed E-state index contributed by atoms with van der Waals surface area (Å²) >= 11 is 3.42. The Bertz CT molecular complexity index is 1160. The minimum absolute atomic E-state index is 0.0165. The summed E-state index contributed by atoms with van der Waals surface area (Å²) in [7, 11) is 0. The largest absolute Gasteiger partial charge is 0.490 e. The molecular weight excluding hydrogens is 458 g/mol. The van der Waals surface area contributed by atoms with Gasteiger partial charge < -0.3 is 9.47 Å². The maximum atomic E-state index is 12.7. The zero-order valence-corrected chi connectivity index (χ0v) is 19.1. The van der Waals surface area contributed by atoms with Crippen molar-refractivity contribution < 1.29 is 14.3 Å². The molecule has 3 rings (SSSR count). The van der Waals surface area contributed by atoms with Gasteiger partial charge in [0, 0.05) is 10.2 Å². The predicted octanol–water partition coefficient (Wildman–Crippen LogP) is 5.49. The third-order valence-electron chi connectivity index (χ3n) is 4.44. The van der Waals surface area contributed by atoms with Gasteiger partial charge in [0.2, 0.25) is 0 Å². The summed E-state index contributed by atoms with van der Waals surface area (Å²) in [4.78, 5) is 12.7. The van der Waals surface area contributed by atoms with E-state index in [1.54, 1.807) is 38.1 Å². The molecule has 0 fully saturated rings. The molecule has 6 nitrogen and oxygen atoms in total. The fraction of sp³-hybridized carbons (Fsp3) is 0.208. The Morgan fingerprint density at radius 1 is 1.13 bits per heavy atom. The van der Waals surface area contributed by atoms with Crippen molar-refractivity contribution in [3.8, 4) is 17.6 Å². The summed E-state index contributed by atoms with van der Waals surface area (Å²) in [6.45, 7) is 6.31. The monoisotopic (exact) mass is 479 g/mol. The molecule has 0 bridgehead atoms. The fourth-order valence-electron chi connectivity index (χ4n) is 3.00. The molecule has 7 heteroatoms. The highest BCUT2D eigenvalue weighted by Crippen LogP contribution is 2.30. The van der Waals surface area contributed by atoms with E-state index in [0.29, 0.717) is 41.7 Å². The Morgan fingerprint density at radius 3 is 2.48 bits per heavy atom. The van der Waals surface area contributed by atoms with Crippen LogP contribution in [-0.2, 0) is 6.61 Å². The lowest BCUT2D eigenvalue weighted by Crippen LogP contribution is -2.15. The van der Waals surface area contributed by atoms with Gasteiger partial charge in [-0.2, -0.15) is 10.4 Å². The van der Waals surface area contributed by atoms with Gasteiger partial charge in [-0.1, -0.05) is 34.1 Å². The fourth-order valence-corrected chi connectivity index (χ4v) is 3.27. The second-order valence-electron chi connectivity index (χ2n) is 6.87. The molecule has 0 aliphatic rings. The average molecular weight is 480 g/mol. The number of nitrogens with zero attached hydrogens (tertiary/aromatic N) is 3. The molecule has 0 saturated carbocycles. The number of hydrogen-bond acceptors (Lipinski definition) is 5. The molecule has 2 aromatic carbocycles. The van der Waals surface area contributed by atoms with Gasteiger partial charge in [-0.25, -0.2) is 4.68 Å². The lowest BCUT2D eigenvalue weighted by atomic mass is 10.1. The molecular formula is C24H22BrN3O3. The van der Waals surface area contributed by atoms with E-state index >= 15 is 0 Å². The zero-order chi connectivity index (χ0) is 22.4. The minimum atomic E-state index is -0.471. The van der Waals surface area contributed by atoms with Gasteiger partial charge in [-0.05, 0) is 68.3 Å². The first kappa shape index (κ1) is 22.3. The van der Waals surface area contributed by atoms with Crippen molar-refractivity contribution in [1.82, 2.24) is 9.78 Å². The second-order valence-corrected chi connectivity index (χ2v) is 7.78. The molecule has 0 atom stereocenters. The van der Waals surface area contributed by atoms with Crippen molar-refractivity contribution in [1.29, 1.82) is 5.26 Å². The first-order chi connectivity index (χ1) is 14.9.